The molecule has 0 aliphatic carbocycles. The molecule has 1 atom stereocenters. The zero-order valence-corrected chi connectivity index (χ0v) is 7.73. The number of piperidine rings is 1. The molecule has 0 radical (unpaired) electrons. The van der Waals surface area contributed by atoms with Gasteiger partial charge in [-0.2, -0.15) is 0 Å². The summed E-state index contributed by atoms with van der Waals surface area (Å²) in [5.74, 6) is -3.39. The van der Waals surface area contributed by atoms with E-state index < -0.39 is 30.3 Å². The lowest BCUT2D eigenvalue weighted by Crippen LogP contribution is -2.49. The van der Waals surface area contributed by atoms with Crippen LogP contribution in [0.1, 0.15) is 6.42 Å². The van der Waals surface area contributed by atoms with Crippen molar-refractivity contribution in [1.29, 1.82) is 0 Å². The average molecular weight is 201 g/mol. The van der Waals surface area contributed by atoms with Crippen molar-refractivity contribution in [2.75, 3.05) is 20.4 Å². The van der Waals surface area contributed by atoms with Crippen LogP contribution in [0.4, 0.5) is 0 Å². The number of carbonyl (C=O) groups excluding carboxylic acids is 3. The number of rotatable bonds is 2. The van der Waals surface area contributed by atoms with Crippen LogP contribution in [0.3, 0.4) is 0 Å². The van der Waals surface area contributed by atoms with Gasteiger partial charge in [-0.15, -0.1) is 0 Å². The van der Waals surface area contributed by atoms with Crippen LogP contribution in [-0.2, 0) is 19.1 Å². The SMILES string of the molecule is COC(=O)C1C(=O)CCN(CO)C1=O. The number of nitrogens with zero attached hydrogens (tertiary/aromatic N) is 1. The van der Waals surface area contributed by atoms with E-state index in [4.69, 9.17) is 5.11 Å². The first kappa shape index (κ1) is 10.6. The number of methoxy groups -OCH3 is 1. The molecule has 1 rings (SSSR count). The van der Waals surface area contributed by atoms with Crippen LogP contribution in [0.5, 0.6) is 0 Å². The molecule has 0 bridgehead atoms. The maximum absolute atomic E-state index is 11.4. The van der Waals surface area contributed by atoms with Gasteiger partial charge < -0.3 is 14.7 Å². The number of ether oxygens (including phenoxy) is 1. The van der Waals surface area contributed by atoms with Gasteiger partial charge in [0.15, 0.2) is 11.7 Å². The third kappa shape index (κ3) is 1.74. The maximum atomic E-state index is 11.4. The number of aliphatic hydroxyl groups excluding tert-OH is 1. The Morgan fingerprint density at radius 2 is 2.29 bits per heavy atom. The van der Waals surface area contributed by atoms with Gasteiger partial charge in [-0.05, 0) is 0 Å². The van der Waals surface area contributed by atoms with Crippen molar-refractivity contribution in [3.05, 3.63) is 0 Å². The molecule has 0 aromatic carbocycles. The number of aliphatic hydroxyl groups is 1. The Labute approximate surface area is 80.4 Å². The molecular formula is C8H11NO5. The molecule has 0 aromatic rings. The zero-order valence-electron chi connectivity index (χ0n) is 7.73. The van der Waals surface area contributed by atoms with Crippen molar-refractivity contribution < 1.29 is 24.2 Å². The fourth-order valence-electron chi connectivity index (χ4n) is 1.31. The van der Waals surface area contributed by atoms with Crippen LogP contribution < -0.4 is 0 Å². The molecule has 0 aromatic heterocycles. The van der Waals surface area contributed by atoms with Crippen molar-refractivity contribution in [3.8, 4) is 0 Å². The monoisotopic (exact) mass is 201 g/mol. The van der Waals surface area contributed by atoms with Gasteiger partial charge in [0.25, 0.3) is 0 Å². The first-order valence-electron chi connectivity index (χ1n) is 4.12. The number of hydrogen-bond acceptors (Lipinski definition) is 5. The Bertz CT molecular complexity index is 267. The smallest absolute Gasteiger partial charge is 0.325 e. The fourth-order valence-corrected chi connectivity index (χ4v) is 1.31. The van der Waals surface area contributed by atoms with E-state index in [-0.39, 0.29) is 13.0 Å². The van der Waals surface area contributed by atoms with E-state index in [9.17, 15) is 14.4 Å². The summed E-state index contributed by atoms with van der Waals surface area (Å²) in [6.45, 7) is -0.332. The molecular weight excluding hydrogens is 190 g/mol. The molecule has 6 heteroatoms. The Balaban J connectivity index is 2.84. The molecule has 1 aliphatic rings. The van der Waals surface area contributed by atoms with Crippen molar-refractivity contribution in [1.82, 2.24) is 4.90 Å². The largest absolute Gasteiger partial charge is 0.468 e. The highest BCUT2D eigenvalue weighted by Gasteiger charge is 2.41. The normalized spacial score (nSPS) is 22.4. The number of carbonyl (C=O) groups is 3. The van der Waals surface area contributed by atoms with E-state index in [1.54, 1.807) is 0 Å². The van der Waals surface area contributed by atoms with Gasteiger partial charge in [-0.25, -0.2) is 0 Å². The van der Waals surface area contributed by atoms with Gasteiger partial charge in [0, 0.05) is 13.0 Å². The van der Waals surface area contributed by atoms with E-state index >= 15 is 0 Å². The highest BCUT2D eigenvalue weighted by Crippen LogP contribution is 2.15. The Kier molecular flexibility index (Phi) is 3.19. The first-order valence-corrected chi connectivity index (χ1v) is 4.12. The lowest BCUT2D eigenvalue weighted by Gasteiger charge is -2.28. The minimum absolute atomic E-state index is 0.0755. The van der Waals surface area contributed by atoms with E-state index in [1.165, 1.54) is 0 Å². The molecule has 1 fully saturated rings. The van der Waals surface area contributed by atoms with Crippen LogP contribution in [0.25, 0.3) is 0 Å². The molecule has 14 heavy (non-hydrogen) atoms. The fraction of sp³-hybridized carbons (Fsp3) is 0.625. The van der Waals surface area contributed by atoms with E-state index in [0.29, 0.717) is 0 Å². The number of hydrogen-bond donors (Lipinski definition) is 1. The first-order chi connectivity index (χ1) is 6.61. The quantitative estimate of drug-likeness (QED) is 0.435. The van der Waals surface area contributed by atoms with Gasteiger partial charge in [-0.1, -0.05) is 0 Å². The third-order valence-electron chi connectivity index (χ3n) is 2.12. The summed E-state index contributed by atoms with van der Waals surface area (Å²) in [5, 5.41) is 8.76. The lowest BCUT2D eigenvalue weighted by molar-refractivity contribution is -0.161. The third-order valence-corrected chi connectivity index (χ3v) is 2.12. The second-order valence-electron chi connectivity index (χ2n) is 2.92. The molecule has 1 aliphatic heterocycles. The topological polar surface area (TPSA) is 83.9 Å². The highest BCUT2D eigenvalue weighted by atomic mass is 16.5. The van der Waals surface area contributed by atoms with E-state index in [2.05, 4.69) is 4.74 Å². The van der Waals surface area contributed by atoms with Crippen molar-refractivity contribution in [2.45, 2.75) is 6.42 Å². The number of esters is 1. The Morgan fingerprint density at radius 1 is 1.64 bits per heavy atom. The molecule has 78 valence electrons. The molecule has 0 saturated carbocycles. The summed E-state index contributed by atoms with van der Waals surface area (Å²) in [6, 6.07) is 0. The van der Waals surface area contributed by atoms with Crippen molar-refractivity contribution >= 4 is 17.7 Å². The summed E-state index contributed by atoms with van der Waals surface area (Å²) >= 11 is 0. The summed E-state index contributed by atoms with van der Waals surface area (Å²) in [7, 11) is 1.11. The standard InChI is InChI=1S/C8H11NO5/c1-14-8(13)6-5(11)2-3-9(4-10)7(6)12/h6,10H,2-4H2,1H3. The summed E-state index contributed by atoms with van der Waals surface area (Å²) in [6.07, 6.45) is 0.0755. The predicted octanol–water partition coefficient (Wildman–Crippen LogP) is -1.47. The Hall–Kier alpha value is -1.43. The van der Waals surface area contributed by atoms with Gasteiger partial charge >= 0.3 is 5.97 Å². The van der Waals surface area contributed by atoms with E-state index in [1.807, 2.05) is 0 Å². The molecule has 1 amide bonds. The summed E-state index contributed by atoms with van der Waals surface area (Å²) in [4.78, 5) is 34.8. The molecule has 1 N–H and O–H groups in total. The van der Waals surface area contributed by atoms with Crippen LogP contribution in [0.15, 0.2) is 0 Å². The van der Waals surface area contributed by atoms with Crippen LogP contribution in [0.2, 0.25) is 0 Å². The van der Waals surface area contributed by atoms with Gasteiger partial charge in [-0.3, -0.25) is 14.4 Å². The number of Topliss-reactive ketones (excluding diaryl/α,β-unsaturated/α-hetero) is 1. The molecule has 1 unspecified atom stereocenters. The van der Waals surface area contributed by atoms with Crippen molar-refractivity contribution in [2.24, 2.45) is 5.92 Å². The number of amides is 1. The van der Waals surface area contributed by atoms with Crippen LogP contribution in [-0.4, -0.2) is 48.1 Å². The molecule has 1 heterocycles. The Morgan fingerprint density at radius 3 is 2.79 bits per heavy atom. The highest BCUT2D eigenvalue weighted by molar-refractivity contribution is 6.17. The van der Waals surface area contributed by atoms with Gasteiger partial charge in [0.1, 0.15) is 6.73 Å². The van der Waals surface area contributed by atoms with Crippen molar-refractivity contribution in [3.63, 3.8) is 0 Å². The molecule has 0 spiro atoms. The number of likely N-dealkylation sites (tertiary alicyclic amines) is 1. The van der Waals surface area contributed by atoms with E-state index in [0.717, 1.165) is 12.0 Å². The van der Waals surface area contributed by atoms with Crippen LogP contribution in [0, 0.1) is 5.92 Å². The van der Waals surface area contributed by atoms with Gasteiger partial charge in [0.05, 0.1) is 7.11 Å². The summed E-state index contributed by atoms with van der Waals surface area (Å²) < 4.78 is 4.33. The summed E-state index contributed by atoms with van der Waals surface area (Å²) in [5.41, 5.74) is 0. The molecule has 6 nitrogen and oxygen atoms in total. The zero-order chi connectivity index (χ0) is 10.7. The second-order valence-corrected chi connectivity index (χ2v) is 2.92. The second kappa shape index (κ2) is 4.19. The molecule has 1 saturated heterocycles. The minimum Gasteiger partial charge on any atom is -0.468 e. The minimum atomic E-state index is -1.39. The number of ketones is 1. The maximum Gasteiger partial charge on any atom is 0.325 e. The average Bonchev–Trinajstić information content (AvgIpc) is 2.18. The predicted molar refractivity (Wildman–Crippen MR) is 43.9 cm³/mol. The lowest BCUT2D eigenvalue weighted by atomic mass is 9.96. The van der Waals surface area contributed by atoms with Gasteiger partial charge in [0.2, 0.25) is 5.91 Å². The van der Waals surface area contributed by atoms with Crippen LogP contribution >= 0.6 is 0 Å².